The van der Waals surface area contributed by atoms with Crippen LogP contribution in [0.5, 0.6) is 0 Å². The third kappa shape index (κ3) is 6.45. The second-order valence-corrected chi connectivity index (χ2v) is 12.2. The van der Waals surface area contributed by atoms with Crippen molar-refractivity contribution in [3.05, 3.63) is 94.8 Å². The molecule has 2 aliphatic rings. The molecule has 0 amide bonds. The number of hydrogen-bond acceptors (Lipinski definition) is 7. The fraction of sp³-hybridized carbons (Fsp3) is 0.457. The molecule has 2 aromatic carbocycles. The zero-order chi connectivity index (χ0) is 29.8. The van der Waals surface area contributed by atoms with Crippen molar-refractivity contribution in [3.8, 4) is 0 Å². The predicted octanol–water partition coefficient (Wildman–Crippen LogP) is 5.74. The van der Waals surface area contributed by atoms with Crippen LogP contribution in [0, 0.1) is 0 Å². The van der Waals surface area contributed by atoms with Gasteiger partial charge in [0, 0.05) is 19.6 Å². The van der Waals surface area contributed by atoms with Crippen molar-refractivity contribution in [1.29, 1.82) is 0 Å². The molecule has 6 rings (SSSR count). The summed E-state index contributed by atoms with van der Waals surface area (Å²) in [5.74, 6) is 0.508. The van der Waals surface area contributed by atoms with Gasteiger partial charge in [-0.1, -0.05) is 48.5 Å². The highest BCUT2D eigenvalue weighted by molar-refractivity contribution is 5.81. The van der Waals surface area contributed by atoms with Crippen molar-refractivity contribution in [1.82, 2.24) is 19.5 Å². The van der Waals surface area contributed by atoms with Crippen LogP contribution in [0.3, 0.4) is 0 Å². The number of esters is 1. The topological polar surface area (TPSA) is 81.0 Å². The number of nitrogens with one attached hydrogen (secondary N) is 1. The van der Waals surface area contributed by atoms with E-state index in [1.807, 2.05) is 39.1 Å². The molecule has 8 heteroatoms. The number of aryl methyl sites for hydroxylation is 2. The SMILES string of the molecule is CCOC(=O)C(C)(C)c1cn2nc(NCCCN3CCC(OC4c5ccccc5CCc5ccccc54)CC3)ccc2n1. The van der Waals surface area contributed by atoms with Crippen molar-refractivity contribution in [2.45, 2.75) is 70.5 Å². The van der Waals surface area contributed by atoms with Crippen LogP contribution in [0.4, 0.5) is 5.82 Å². The molecule has 0 unspecified atom stereocenters. The summed E-state index contributed by atoms with van der Waals surface area (Å²) >= 11 is 0. The number of piperidine rings is 1. The largest absolute Gasteiger partial charge is 0.465 e. The van der Waals surface area contributed by atoms with Crippen LogP contribution in [0.25, 0.3) is 5.65 Å². The normalized spacial score (nSPS) is 16.4. The van der Waals surface area contributed by atoms with E-state index in [1.54, 1.807) is 4.52 Å². The molecule has 0 bridgehead atoms. The van der Waals surface area contributed by atoms with E-state index in [-0.39, 0.29) is 18.2 Å². The smallest absolute Gasteiger partial charge is 0.317 e. The molecule has 43 heavy (non-hydrogen) atoms. The Balaban J connectivity index is 0.988. The fourth-order valence-electron chi connectivity index (χ4n) is 6.29. The lowest BCUT2D eigenvalue weighted by Crippen LogP contribution is -2.38. The van der Waals surface area contributed by atoms with Crippen molar-refractivity contribution in [2.75, 3.05) is 38.1 Å². The second-order valence-electron chi connectivity index (χ2n) is 12.2. The molecule has 0 spiro atoms. The number of anilines is 1. The molecule has 1 fully saturated rings. The van der Waals surface area contributed by atoms with E-state index in [9.17, 15) is 4.79 Å². The van der Waals surface area contributed by atoms with Gasteiger partial charge >= 0.3 is 5.97 Å². The minimum Gasteiger partial charge on any atom is -0.465 e. The first-order valence-electron chi connectivity index (χ1n) is 15.7. The van der Waals surface area contributed by atoms with Crippen molar-refractivity contribution in [3.63, 3.8) is 0 Å². The number of aromatic nitrogens is 3. The molecule has 4 aromatic rings. The van der Waals surface area contributed by atoms with Gasteiger partial charge in [0.1, 0.15) is 17.3 Å². The molecule has 1 N–H and O–H groups in total. The van der Waals surface area contributed by atoms with Crippen molar-refractivity contribution < 1.29 is 14.3 Å². The third-order valence-electron chi connectivity index (χ3n) is 8.91. The number of imidazole rings is 1. The lowest BCUT2D eigenvalue weighted by atomic mass is 9.90. The number of carbonyl (C=O) groups excluding carboxylic acids is 1. The summed E-state index contributed by atoms with van der Waals surface area (Å²) in [6, 6.07) is 21.5. The van der Waals surface area contributed by atoms with Gasteiger partial charge in [-0.2, -0.15) is 0 Å². The first-order valence-corrected chi connectivity index (χ1v) is 15.7. The molecule has 0 radical (unpaired) electrons. The van der Waals surface area contributed by atoms with Crippen LogP contribution in [0.1, 0.15) is 74.1 Å². The van der Waals surface area contributed by atoms with E-state index in [1.165, 1.54) is 22.3 Å². The Morgan fingerprint density at radius 3 is 2.33 bits per heavy atom. The molecule has 1 aliphatic carbocycles. The highest BCUT2D eigenvalue weighted by Crippen LogP contribution is 2.37. The first kappa shape index (κ1) is 29.3. The van der Waals surface area contributed by atoms with E-state index < -0.39 is 5.41 Å². The molecular formula is C35H43N5O3. The summed E-state index contributed by atoms with van der Waals surface area (Å²) < 4.78 is 13.9. The lowest BCUT2D eigenvalue weighted by molar-refractivity contribution is -0.148. The summed E-state index contributed by atoms with van der Waals surface area (Å²) in [4.78, 5) is 19.6. The van der Waals surface area contributed by atoms with Crippen LogP contribution < -0.4 is 5.32 Å². The van der Waals surface area contributed by atoms with Gasteiger partial charge in [0.2, 0.25) is 0 Å². The lowest BCUT2D eigenvalue weighted by Gasteiger charge is -2.34. The molecule has 0 saturated carbocycles. The van der Waals surface area contributed by atoms with Crippen LogP contribution in [0.15, 0.2) is 66.9 Å². The summed E-state index contributed by atoms with van der Waals surface area (Å²) in [7, 11) is 0. The molecule has 8 nitrogen and oxygen atoms in total. The zero-order valence-corrected chi connectivity index (χ0v) is 25.6. The average molecular weight is 582 g/mol. The quantitative estimate of drug-likeness (QED) is 0.189. The number of hydrogen-bond donors (Lipinski definition) is 1. The van der Waals surface area contributed by atoms with Crippen LogP contribution in [-0.2, 0) is 32.5 Å². The minimum atomic E-state index is -0.833. The van der Waals surface area contributed by atoms with Gasteiger partial charge in [-0.05, 0) is 93.8 Å². The van der Waals surface area contributed by atoms with Gasteiger partial charge < -0.3 is 19.7 Å². The van der Waals surface area contributed by atoms with Gasteiger partial charge in [0.25, 0.3) is 0 Å². The van der Waals surface area contributed by atoms with E-state index in [0.717, 1.165) is 64.1 Å². The number of likely N-dealkylation sites (tertiary alicyclic amines) is 1. The van der Waals surface area contributed by atoms with Crippen molar-refractivity contribution in [2.24, 2.45) is 0 Å². The summed E-state index contributed by atoms with van der Waals surface area (Å²) in [6.07, 6.45) is 7.37. The minimum absolute atomic E-state index is 0.0169. The van der Waals surface area contributed by atoms with E-state index >= 15 is 0 Å². The third-order valence-corrected chi connectivity index (χ3v) is 8.91. The predicted molar refractivity (Wildman–Crippen MR) is 168 cm³/mol. The number of fused-ring (bicyclic) bond motifs is 3. The number of ether oxygens (including phenoxy) is 2. The first-order chi connectivity index (χ1) is 20.9. The molecular weight excluding hydrogens is 538 g/mol. The van der Waals surface area contributed by atoms with E-state index in [2.05, 4.69) is 68.8 Å². The Morgan fingerprint density at radius 1 is 0.977 bits per heavy atom. The van der Waals surface area contributed by atoms with E-state index in [4.69, 9.17) is 9.47 Å². The molecule has 2 aromatic heterocycles. The van der Waals surface area contributed by atoms with Gasteiger partial charge in [0.15, 0.2) is 5.65 Å². The van der Waals surface area contributed by atoms with Crippen LogP contribution >= 0.6 is 0 Å². The maximum Gasteiger partial charge on any atom is 0.317 e. The second kappa shape index (κ2) is 12.9. The van der Waals surface area contributed by atoms with Crippen molar-refractivity contribution >= 4 is 17.4 Å². The number of nitrogens with zero attached hydrogens (tertiary/aromatic N) is 4. The molecule has 1 saturated heterocycles. The maximum atomic E-state index is 12.4. The Bertz CT molecular complexity index is 1510. The fourth-order valence-corrected chi connectivity index (χ4v) is 6.29. The summed E-state index contributed by atoms with van der Waals surface area (Å²) in [5.41, 5.74) is 6.02. The highest BCUT2D eigenvalue weighted by atomic mass is 16.5. The Morgan fingerprint density at radius 2 is 1.65 bits per heavy atom. The monoisotopic (exact) mass is 581 g/mol. The van der Waals surface area contributed by atoms with Crippen LogP contribution in [0.2, 0.25) is 0 Å². The highest BCUT2D eigenvalue weighted by Gasteiger charge is 2.34. The Kier molecular flexibility index (Phi) is 8.77. The van der Waals surface area contributed by atoms with Gasteiger partial charge in [-0.15, -0.1) is 5.10 Å². The standard InChI is InChI=1S/C35H43N5O3/c1-4-42-34(41)35(2,3)30-24-40-32(37-30)17-16-31(38-40)36-20-9-21-39-22-18-27(19-23-39)43-33-28-12-7-5-10-25(28)14-15-26-11-6-8-13-29(26)33/h5-8,10-13,16-17,24,27,33H,4,9,14-15,18-23H2,1-3H3,(H,36,38). The Hall–Kier alpha value is -3.75. The van der Waals surface area contributed by atoms with Gasteiger partial charge in [-0.25, -0.2) is 9.50 Å². The van der Waals surface area contributed by atoms with Gasteiger partial charge in [-0.3, -0.25) is 4.79 Å². The molecule has 3 heterocycles. The average Bonchev–Trinajstić information content (AvgIpc) is 3.40. The van der Waals surface area contributed by atoms with Crippen LogP contribution in [-0.4, -0.2) is 64.4 Å². The van der Waals surface area contributed by atoms with E-state index in [0.29, 0.717) is 17.9 Å². The van der Waals surface area contributed by atoms with Gasteiger partial charge in [0.05, 0.1) is 24.6 Å². The molecule has 0 atom stereocenters. The number of carbonyl (C=O) groups is 1. The maximum absolute atomic E-state index is 12.4. The summed E-state index contributed by atoms with van der Waals surface area (Å²) in [5, 5.41) is 8.12. The summed E-state index contributed by atoms with van der Waals surface area (Å²) in [6.45, 7) is 9.80. The zero-order valence-electron chi connectivity index (χ0n) is 25.6. The molecule has 226 valence electrons. The number of benzene rings is 2. The Labute approximate surface area is 254 Å². The molecule has 1 aliphatic heterocycles. The number of rotatable bonds is 10.